The zero-order valence-corrected chi connectivity index (χ0v) is 11.0. The highest BCUT2D eigenvalue weighted by Gasteiger charge is 2.07. The van der Waals surface area contributed by atoms with Gasteiger partial charge in [-0.25, -0.2) is 9.37 Å². The van der Waals surface area contributed by atoms with Crippen molar-refractivity contribution in [1.82, 2.24) is 4.98 Å². The monoisotopic (exact) mass is 306 g/mol. The molecule has 0 aliphatic heterocycles. The zero-order valence-electron chi connectivity index (χ0n) is 9.45. The molecule has 3 nitrogen and oxygen atoms in total. The van der Waals surface area contributed by atoms with Crippen LogP contribution in [-0.2, 0) is 0 Å². The molecular weight excluding hydrogens is 299 g/mol. The third kappa shape index (κ3) is 2.66. The molecule has 18 heavy (non-hydrogen) atoms. The standard InChI is InChI=1S/C13H8BrFN2O/c1-8-4-10(14)7-17-13(8)18-11-3-2-9(6-16)12(15)5-11/h2-5,7H,1H3. The Balaban J connectivity index is 2.29. The highest BCUT2D eigenvalue weighted by atomic mass is 79.9. The summed E-state index contributed by atoms with van der Waals surface area (Å²) in [6, 6.07) is 7.68. The van der Waals surface area contributed by atoms with Crippen molar-refractivity contribution < 1.29 is 9.13 Å². The number of aryl methyl sites for hydroxylation is 1. The summed E-state index contributed by atoms with van der Waals surface area (Å²) in [5.74, 6) is 0.108. The molecule has 1 aromatic heterocycles. The topological polar surface area (TPSA) is 45.9 Å². The number of ether oxygens (including phenoxy) is 1. The van der Waals surface area contributed by atoms with Crippen molar-refractivity contribution in [3.8, 4) is 17.7 Å². The van der Waals surface area contributed by atoms with Gasteiger partial charge in [0.2, 0.25) is 5.88 Å². The van der Waals surface area contributed by atoms with Crippen molar-refractivity contribution in [3.05, 3.63) is 51.9 Å². The Kier molecular flexibility index (Phi) is 3.58. The lowest BCUT2D eigenvalue weighted by atomic mass is 10.2. The van der Waals surface area contributed by atoms with Crippen molar-refractivity contribution in [2.75, 3.05) is 0 Å². The third-order valence-corrected chi connectivity index (χ3v) is 2.71. The highest BCUT2D eigenvalue weighted by molar-refractivity contribution is 9.10. The van der Waals surface area contributed by atoms with Crippen molar-refractivity contribution in [2.24, 2.45) is 0 Å². The van der Waals surface area contributed by atoms with Crippen LogP contribution in [0.3, 0.4) is 0 Å². The summed E-state index contributed by atoms with van der Waals surface area (Å²) < 4.78 is 19.7. The highest BCUT2D eigenvalue weighted by Crippen LogP contribution is 2.25. The van der Waals surface area contributed by atoms with E-state index in [4.69, 9.17) is 10.00 Å². The molecule has 0 spiro atoms. The lowest BCUT2D eigenvalue weighted by Crippen LogP contribution is -1.92. The van der Waals surface area contributed by atoms with Gasteiger partial charge in [0.1, 0.15) is 17.6 Å². The molecular formula is C13H8BrFN2O. The van der Waals surface area contributed by atoms with Crippen LogP contribution < -0.4 is 4.74 Å². The van der Waals surface area contributed by atoms with Crippen LogP contribution in [0.2, 0.25) is 0 Å². The molecule has 0 radical (unpaired) electrons. The minimum absolute atomic E-state index is 0.0113. The largest absolute Gasteiger partial charge is 0.439 e. The predicted molar refractivity (Wildman–Crippen MR) is 67.9 cm³/mol. The van der Waals surface area contributed by atoms with E-state index in [2.05, 4.69) is 20.9 Å². The number of halogens is 2. The smallest absolute Gasteiger partial charge is 0.222 e. The maximum absolute atomic E-state index is 13.4. The van der Waals surface area contributed by atoms with Gasteiger partial charge in [-0.15, -0.1) is 0 Å². The number of pyridine rings is 1. The number of aromatic nitrogens is 1. The van der Waals surface area contributed by atoms with E-state index in [0.717, 1.165) is 10.0 Å². The maximum atomic E-state index is 13.4. The molecule has 0 saturated heterocycles. The Bertz CT molecular complexity index is 637. The molecule has 0 unspecified atom stereocenters. The lowest BCUT2D eigenvalue weighted by Gasteiger charge is -2.07. The van der Waals surface area contributed by atoms with Gasteiger partial charge in [0.05, 0.1) is 5.56 Å². The first kappa shape index (κ1) is 12.5. The SMILES string of the molecule is Cc1cc(Br)cnc1Oc1ccc(C#N)c(F)c1. The summed E-state index contributed by atoms with van der Waals surface area (Å²) in [5.41, 5.74) is 0.817. The van der Waals surface area contributed by atoms with Gasteiger partial charge in [-0.2, -0.15) is 5.26 Å². The van der Waals surface area contributed by atoms with Crippen LogP contribution in [0.15, 0.2) is 34.9 Å². The first-order chi connectivity index (χ1) is 8.60. The Morgan fingerprint density at radius 2 is 2.17 bits per heavy atom. The van der Waals surface area contributed by atoms with E-state index in [1.807, 2.05) is 13.0 Å². The molecule has 0 N–H and O–H groups in total. The van der Waals surface area contributed by atoms with Gasteiger partial charge in [-0.1, -0.05) is 0 Å². The van der Waals surface area contributed by atoms with Crippen LogP contribution in [0, 0.1) is 24.1 Å². The third-order valence-electron chi connectivity index (χ3n) is 2.27. The number of nitriles is 1. The maximum Gasteiger partial charge on any atom is 0.222 e. The van der Waals surface area contributed by atoms with E-state index in [0.29, 0.717) is 11.6 Å². The number of benzene rings is 1. The van der Waals surface area contributed by atoms with Crippen LogP contribution in [0.4, 0.5) is 4.39 Å². The van der Waals surface area contributed by atoms with Gasteiger partial charge in [0, 0.05) is 22.3 Å². The summed E-state index contributed by atoms with van der Waals surface area (Å²) in [5, 5.41) is 8.63. The van der Waals surface area contributed by atoms with Crippen molar-refractivity contribution in [2.45, 2.75) is 6.92 Å². The Morgan fingerprint density at radius 1 is 1.39 bits per heavy atom. The van der Waals surface area contributed by atoms with Crippen molar-refractivity contribution in [1.29, 1.82) is 5.26 Å². The first-order valence-electron chi connectivity index (χ1n) is 5.10. The molecule has 0 bridgehead atoms. The summed E-state index contributed by atoms with van der Waals surface area (Å²) in [4.78, 5) is 4.09. The van der Waals surface area contributed by atoms with Crippen LogP contribution in [-0.4, -0.2) is 4.98 Å². The number of hydrogen-bond donors (Lipinski definition) is 0. The summed E-state index contributed by atoms with van der Waals surface area (Å²) in [6.07, 6.45) is 1.60. The first-order valence-corrected chi connectivity index (χ1v) is 5.89. The fraction of sp³-hybridized carbons (Fsp3) is 0.0769. The molecule has 0 aliphatic rings. The van der Waals surface area contributed by atoms with Gasteiger partial charge in [-0.3, -0.25) is 0 Å². The minimum Gasteiger partial charge on any atom is -0.439 e. The van der Waals surface area contributed by atoms with Crippen LogP contribution in [0.1, 0.15) is 11.1 Å². The van der Waals surface area contributed by atoms with Crippen LogP contribution in [0.5, 0.6) is 11.6 Å². The predicted octanol–water partition coefficient (Wildman–Crippen LogP) is 3.96. The van der Waals surface area contributed by atoms with Gasteiger partial charge in [-0.05, 0) is 41.1 Å². The molecule has 1 aromatic carbocycles. The van der Waals surface area contributed by atoms with E-state index in [-0.39, 0.29) is 5.56 Å². The van der Waals surface area contributed by atoms with Crippen LogP contribution >= 0.6 is 15.9 Å². The summed E-state index contributed by atoms with van der Waals surface area (Å²) in [6.45, 7) is 1.84. The lowest BCUT2D eigenvalue weighted by molar-refractivity contribution is 0.454. The van der Waals surface area contributed by atoms with E-state index < -0.39 is 5.82 Å². The minimum atomic E-state index is -0.607. The average Bonchev–Trinajstić information content (AvgIpc) is 2.33. The number of rotatable bonds is 2. The van der Waals surface area contributed by atoms with Gasteiger partial charge in [0.15, 0.2) is 0 Å². The van der Waals surface area contributed by atoms with Crippen molar-refractivity contribution in [3.63, 3.8) is 0 Å². The Hall–Kier alpha value is -1.93. The average molecular weight is 307 g/mol. The molecule has 0 fully saturated rings. The van der Waals surface area contributed by atoms with E-state index >= 15 is 0 Å². The van der Waals surface area contributed by atoms with E-state index in [9.17, 15) is 4.39 Å². The molecule has 2 rings (SSSR count). The molecule has 0 amide bonds. The molecule has 5 heteroatoms. The van der Waals surface area contributed by atoms with Crippen LogP contribution in [0.25, 0.3) is 0 Å². The molecule has 90 valence electrons. The van der Waals surface area contributed by atoms with E-state index in [1.165, 1.54) is 18.2 Å². The second-order valence-electron chi connectivity index (χ2n) is 3.63. The quantitative estimate of drug-likeness (QED) is 0.843. The second-order valence-corrected chi connectivity index (χ2v) is 4.55. The molecule has 1 heterocycles. The normalized spacial score (nSPS) is 9.89. The second kappa shape index (κ2) is 5.15. The molecule has 2 aromatic rings. The van der Waals surface area contributed by atoms with Gasteiger partial charge >= 0.3 is 0 Å². The van der Waals surface area contributed by atoms with Gasteiger partial charge < -0.3 is 4.74 Å². The molecule has 0 atom stereocenters. The number of hydrogen-bond acceptors (Lipinski definition) is 3. The van der Waals surface area contributed by atoms with Crippen molar-refractivity contribution >= 4 is 15.9 Å². The fourth-order valence-electron chi connectivity index (χ4n) is 1.40. The fourth-order valence-corrected chi connectivity index (χ4v) is 1.84. The molecule has 0 aliphatic carbocycles. The number of nitrogens with zero attached hydrogens (tertiary/aromatic N) is 2. The summed E-state index contributed by atoms with van der Waals surface area (Å²) >= 11 is 3.30. The Labute approximate surface area is 112 Å². The Morgan fingerprint density at radius 3 is 2.78 bits per heavy atom. The summed E-state index contributed by atoms with van der Waals surface area (Å²) in [7, 11) is 0. The van der Waals surface area contributed by atoms with E-state index in [1.54, 1.807) is 12.3 Å². The zero-order chi connectivity index (χ0) is 13.1. The van der Waals surface area contributed by atoms with Gasteiger partial charge in [0.25, 0.3) is 0 Å². The molecule has 0 saturated carbocycles.